The van der Waals surface area contributed by atoms with Gasteiger partial charge in [-0.15, -0.1) is 0 Å². The Morgan fingerprint density at radius 3 is 2.68 bits per heavy atom. The predicted molar refractivity (Wildman–Crippen MR) is 75.2 cm³/mol. The van der Waals surface area contributed by atoms with E-state index in [0.29, 0.717) is 13.0 Å². The average Bonchev–Trinajstić information content (AvgIpc) is 2.87. The zero-order valence-electron chi connectivity index (χ0n) is 11.5. The van der Waals surface area contributed by atoms with Gasteiger partial charge in [0, 0.05) is 20.1 Å². The van der Waals surface area contributed by atoms with Gasteiger partial charge in [0.05, 0.1) is 5.41 Å². The van der Waals surface area contributed by atoms with E-state index in [1.165, 1.54) is 0 Å². The zero-order valence-corrected chi connectivity index (χ0v) is 12.3. The quantitative estimate of drug-likeness (QED) is 0.842. The molecule has 1 aromatic heterocycles. The molecule has 19 heavy (non-hydrogen) atoms. The zero-order chi connectivity index (χ0) is 14.5. The van der Waals surface area contributed by atoms with Crippen LogP contribution in [0.25, 0.3) is 0 Å². The highest BCUT2D eigenvalue weighted by Crippen LogP contribution is 2.20. The van der Waals surface area contributed by atoms with E-state index in [4.69, 9.17) is 5.11 Å². The van der Waals surface area contributed by atoms with Gasteiger partial charge in [-0.1, -0.05) is 6.92 Å². The number of aliphatic carboxylic acids is 1. The number of hydrogen-bond acceptors (Lipinski definition) is 3. The molecule has 0 aliphatic carbocycles. The molecule has 0 bridgehead atoms. The standard InChI is InChI=1S/C13H20N2O3S/c1-4-13(2,11(16)17)9-14-12(18)15(3)7-10-5-6-19-8-10/h5-6,8H,4,7,9H2,1-3H3,(H,14,18)(H,16,17). The predicted octanol–water partition coefficient (Wildman–Crippen LogP) is 2.39. The van der Waals surface area contributed by atoms with E-state index in [1.807, 2.05) is 16.8 Å². The SMILES string of the molecule is CCC(C)(CNC(=O)N(C)Cc1ccsc1)C(=O)O. The molecule has 1 aromatic rings. The van der Waals surface area contributed by atoms with Gasteiger partial charge in [-0.2, -0.15) is 11.3 Å². The number of rotatable bonds is 6. The van der Waals surface area contributed by atoms with Gasteiger partial charge in [-0.25, -0.2) is 4.79 Å². The fourth-order valence-corrected chi connectivity index (χ4v) is 2.15. The summed E-state index contributed by atoms with van der Waals surface area (Å²) in [5.74, 6) is -0.893. The second-order valence-corrected chi connectivity index (χ2v) is 5.65. The van der Waals surface area contributed by atoms with Crippen molar-refractivity contribution in [1.82, 2.24) is 10.2 Å². The van der Waals surface area contributed by atoms with Crippen LogP contribution in [0.1, 0.15) is 25.8 Å². The van der Waals surface area contributed by atoms with Crippen LogP contribution in [-0.4, -0.2) is 35.6 Å². The number of carboxylic acids is 1. The molecule has 1 unspecified atom stereocenters. The van der Waals surface area contributed by atoms with Gasteiger partial charge in [0.15, 0.2) is 0 Å². The van der Waals surface area contributed by atoms with E-state index >= 15 is 0 Å². The second kappa shape index (κ2) is 6.56. The van der Waals surface area contributed by atoms with Crippen LogP contribution in [0.15, 0.2) is 16.8 Å². The largest absolute Gasteiger partial charge is 0.481 e. The normalized spacial score (nSPS) is 13.6. The van der Waals surface area contributed by atoms with E-state index in [-0.39, 0.29) is 12.6 Å². The van der Waals surface area contributed by atoms with Crippen LogP contribution in [0.4, 0.5) is 4.79 Å². The van der Waals surface area contributed by atoms with Gasteiger partial charge in [0.1, 0.15) is 0 Å². The van der Waals surface area contributed by atoms with E-state index in [0.717, 1.165) is 5.56 Å². The highest BCUT2D eigenvalue weighted by atomic mass is 32.1. The first kappa shape index (κ1) is 15.5. The van der Waals surface area contributed by atoms with Crippen molar-refractivity contribution >= 4 is 23.3 Å². The van der Waals surface area contributed by atoms with E-state index < -0.39 is 11.4 Å². The molecule has 1 rings (SSSR count). The lowest BCUT2D eigenvalue weighted by atomic mass is 9.88. The number of carbonyl (C=O) groups is 2. The number of hydrogen-bond donors (Lipinski definition) is 2. The van der Waals surface area contributed by atoms with Crippen LogP contribution in [0.3, 0.4) is 0 Å². The Kier molecular flexibility index (Phi) is 5.35. The van der Waals surface area contributed by atoms with E-state index in [2.05, 4.69) is 5.32 Å². The van der Waals surface area contributed by atoms with Gasteiger partial charge in [0.2, 0.25) is 0 Å². The molecule has 0 aliphatic heterocycles. The molecule has 0 aliphatic rings. The second-order valence-electron chi connectivity index (χ2n) is 4.87. The first-order chi connectivity index (χ1) is 8.89. The summed E-state index contributed by atoms with van der Waals surface area (Å²) in [7, 11) is 1.69. The van der Waals surface area contributed by atoms with Crippen LogP contribution in [-0.2, 0) is 11.3 Å². The van der Waals surface area contributed by atoms with Crippen molar-refractivity contribution in [3.8, 4) is 0 Å². The fraction of sp³-hybridized carbons (Fsp3) is 0.538. The molecular formula is C13H20N2O3S. The molecule has 2 amide bonds. The maximum Gasteiger partial charge on any atom is 0.317 e. The third-order valence-electron chi connectivity index (χ3n) is 3.27. The Morgan fingerprint density at radius 1 is 1.53 bits per heavy atom. The monoisotopic (exact) mass is 284 g/mol. The molecule has 1 heterocycles. The first-order valence-electron chi connectivity index (χ1n) is 6.12. The molecule has 0 spiro atoms. The van der Waals surface area contributed by atoms with Crippen molar-refractivity contribution in [2.75, 3.05) is 13.6 Å². The number of urea groups is 1. The minimum absolute atomic E-state index is 0.131. The summed E-state index contributed by atoms with van der Waals surface area (Å²) in [5, 5.41) is 15.7. The van der Waals surface area contributed by atoms with Crippen molar-refractivity contribution in [3.63, 3.8) is 0 Å². The summed E-state index contributed by atoms with van der Waals surface area (Å²) in [6.45, 7) is 4.08. The van der Waals surface area contributed by atoms with Crippen molar-refractivity contribution < 1.29 is 14.7 Å². The first-order valence-corrected chi connectivity index (χ1v) is 7.07. The van der Waals surface area contributed by atoms with Crippen LogP contribution in [0.2, 0.25) is 0 Å². The topological polar surface area (TPSA) is 69.6 Å². The molecule has 0 fully saturated rings. The van der Waals surface area contributed by atoms with Crippen molar-refractivity contribution in [2.24, 2.45) is 5.41 Å². The molecule has 1 atom stereocenters. The molecule has 0 radical (unpaired) electrons. The number of nitrogens with zero attached hydrogens (tertiary/aromatic N) is 1. The van der Waals surface area contributed by atoms with Gasteiger partial charge < -0.3 is 15.3 Å². The van der Waals surface area contributed by atoms with Crippen molar-refractivity contribution in [2.45, 2.75) is 26.8 Å². The molecular weight excluding hydrogens is 264 g/mol. The molecule has 106 valence electrons. The average molecular weight is 284 g/mol. The maximum atomic E-state index is 11.9. The van der Waals surface area contributed by atoms with E-state index in [9.17, 15) is 9.59 Å². The summed E-state index contributed by atoms with van der Waals surface area (Å²) < 4.78 is 0. The molecule has 0 aromatic carbocycles. The summed E-state index contributed by atoms with van der Waals surface area (Å²) >= 11 is 1.58. The molecule has 2 N–H and O–H groups in total. The summed E-state index contributed by atoms with van der Waals surface area (Å²) in [5.41, 5.74) is 0.151. The highest BCUT2D eigenvalue weighted by Gasteiger charge is 2.31. The smallest absolute Gasteiger partial charge is 0.317 e. The van der Waals surface area contributed by atoms with Gasteiger partial charge in [-0.3, -0.25) is 4.79 Å². The maximum absolute atomic E-state index is 11.9. The van der Waals surface area contributed by atoms with Crippen LogP contribution in [0, 0.1) is 5.41 Å². The molecule has 0 saturated carbocycles. The van der Waals surface area contributed by atoms with E-state index in [1.54, 1.807) is 37.1 Å². The number of carbonyl (C=O) groups excluding carboxylic acids is 1. The number of nitrogens with one attached hydrogen (secondary N) is 1. The summed E-state index contributed by atoms with van der Waals surface area (Å²) in [4.78, 5) is 24.5. The summed E-state index contributed by atoms with van der Waals surface area (Å²) in [6, 6.07) is 1.70. The highest BCUT2D eigenvalue weighted by molar-refractivity contribution is 7.07. The fourth-order valence-electron chi connectivity index (χ4n) is 1.49. The summed E-state index contributed by atoms with van der Waals surface area (Å²) in [6.07, 6.45) is 0.469. The lowest BCUT2D eigenvalue weighted by Crippen LogP contribution is -2.45. The Hall–Kier alpha value is -1.56. The van der Waals surface area contributed by atoms with Crippen LogP contribution >= 0.6 is 11.3 Å². The third kappa shape index (κ3) is 4.24. The minimum atomic E-state index is -0.918. The molecule has 6 heteroatoms. The number of thiophene rings is 1. The third-order valence-corrected chi connectivity index (χ3v) is 4.01. The van der Waals surface area contributed by atoms with Crippen LogP contribution in [0.5, 0.6) is 0 Å². The van der Waals surface area contributed by atoms with Gasteiger partial charge >= 0.3 is 12.0 Å². The lowest BCUT2D eigenvalue weighted by molar-refractivity contribution is -0.147. The number of amides is 2. The Labute approximate surface area is 117 Å². The number of carboxylic acid groups (broad SMARTS) is 1. The molecule has 5 nitrogen and oxygen atoms in total. The minimum Gasteiger partial charge on any atom is -0.481 e. The lowest BCUT2D eigenvalue weighted by Gasteiger charge is -2.25. The van der Waals surface area contributed by atoms with Crippen molar-refractivity contribution in [3.05, 3.63) is 22.4 Å². The van der Waals surface area contributed by atoms with Crippen molar-refractivity contribution in [1.29, 1.82) is 0 Å². The Balaban J connectivity index is 2.48. The van der Waals surface area contributed by atoms with Gasteiger partial charge in [0.25, 0.3) is 0 Å². The van der Waals surface area contributed by atoms with Gasteiger partial charge in [-0.05, 0) is 35.7 Å². The Bertz CT molecular complexity index is 433. The Morgan fingerprint density at radius 2 is 2.21 bits per heavy atom. The van der Waals surface area contributed by atoms with Crippen LogP contribution < -0.4 is 5.32 Å². The molecule has 0 saturated heterocycles.